The molecule has 1 unspecified atom stereocenters. The van der Waals surface area contributed by atoms with Crippen molar-refractivity contribution in [2.75, 3.05) is 0 Å². The number of benzene rings is 8. The van der Waals surface area contributed by atoms with Gasteiger partial charge in [-0.3, -0.25) is 4.57 Å². The Morgan fingerprint density at radius 2 is 1.06 bits per heavy atom. The van der Waals surface area contributed by atoms with E-state index in [1.165, 1.54) is 44.2 Å². The van der Waals surface area contributed by atoms with Crippen LogP contribution in [0, 0.1) is 5.92 Å². The molecule has 0 aliphatic heterocycles. The van der Waals surface area contributed by atoms with Crippen molar-refractivity contribution in [3.05, 3.63) is 217 Å². The summed E-state index contributed by atoms with van der Waals surface area (Å²) in [6, 6.07) is 66.3. The van der Waals surface area contributed by atoms with Gasteiger partial charge in [0, 0.05) is 38.4 Å². The molecule has 8 aromatic carbocycles. The summed E-state index contributed by atoms with van der Waals surface area (Å²) in [6.45, 7) is 12.1. The summed E-state index contributed by atoms with van der Waals surface area (Å²) in [7, 11) is 0. The first-order chi connectivity index (χ1) is 34.2. The first-order valence-corrected chi connectivity index (χ1v) is 24.8. The van der Waals surface area contributed by atoms with Crippen molar-refractivity contribution >= 4 is 49.2 Å². The third-order valence-electron chi connectivity index (χ3n) is 16.0. The lowest BCUT2D eigenvalue weighted by Crippen LogP contribution is -2.31. The van der Waals surface area contributed by atoms with Crippen LogP contribution in [0.15, 0.2) is 200 Å². The molecule has 13 rings (SSSR count). The van der Waals surface area contributed by atoms with Crippen molar-refractivity contribution in [1.29, 1.82) is 0 Å². The Morgan fingerprint density at radius 3 is 1.81 bits per heavy atom. The molecule has 3 heterocycles. The Kier molecular flexibility index (Phi) is 9.58. The quantitative estimate of drug-likeness (QED) is 0.160. The molecule has 5 heteroatoms. The highest BCUT2D eigenvalue weighted by Crippen LogP contribution is 2.57. The van der Waals surface area contributed by atoms with Gasteiger partial charge in [-0.25, -0.2) is 4.98 Å². The number of aromatic nitrogens is 5. The predicted octanol–water partition coefficient (Wildman–Crippen LogP) is 16.7. The maximum absolute atomic E-state index is 5.46. The molecular weight excluding hydrogens is 851 g/mol. The number of allylic oxidation sites excluding steroid dienone is 4. The molecule has 70 heavy (non-hydrogen) atoms. The zero-order valence-electron chi connectivity index (χ0n) is 40.3. The lowest BCUT2D eigenvalue weighted by Gasteiger charge is -2.33. The molecule has 5 nitrogen and oxygen atoms in total. The first-order valence-electron chi connectivity index (χ1n) is 24.8. The minimum Gasteiger partial charge on any atom is -0.307 e. The molecule has 0 fully saturated rings. The van der Waals surface area contributed by atoms with Crippen molar-refractivity contribution in [2.24, 2.45) is 5.92 Å². The molecule has 338 valence electrons. The second-order valence-corrected chi connectivity index (χ2v) is 20.4. The average Bonchev–Trinajstić information content (AvgIpc) is 3.98. The minimum atomic E-state index is 0.00743. The highest BCUT2D eigenvalue weighted by atomic mass is 15.2. The summed E-state index contributed by atoms with van der Waals surface area (Å²) in [4.78, 5) is 16.1. The topological polar surface area (TPSA) is 48.5 Å². The SMILES string of the molecule is CC1C(C)(C)c2cccc(-c3ccccc3-c3cccc(-n4c5ccccc5c5ccc6c7ccccc7n(-c7nc(C8=CCCC=C8)nc(-c8cccc(-c9ccccc9)c8)n7)c6c54)c3)c2C1(C)C. The predicted molar refractivity (Wildman–Crippen MR) is 292 cm³/mol. The van der Waals surface area contributed by atoms with E-state index in [4.69, 9.17) is 15.0 Å². The fourth-order valence-electron chi connectivity index (χ4n) is 12.1. The number of hydrogen-bond donors (Lipinski definition) is 0. The van der Waals surface area contributed by atoms with Crippen LogP contribution in [0.25, 0.3) is 106 Å². The zero-order valence-corrected chi connectivity index (χ0v) is 40.3. The van der Waals surface area contributed by atoms with E-state index in [9.17, 15) is 0 Å². The zero-order chi connectivity index (χ0) is 47.3. The highest BCUT2D eigenvalue weighted by molar-refractivity contribution is 6.23. The summed E-state index contributed by atoms with van der Waals surface area (Å²) in [5, 5.41) is 4.63. The van der Waals surface area contributed by atoms with E-state index in [1.54, 1.807) is 0 Å². The van der Waals surface area contributed by atoms with Crippen LogP contribution in [0.5, 0.6) is 0 Å². The van der Waals surface area contributed by atoms with Crippen LogP contribution in [0.1, 0.15) is 64.4 Å². The van der Waals surface area contributed by atoms with Crippen molar-refractivity contribution in [1.82, 2.24) is 24.1 Å². The van der Waals surface area contributed by atoms with Crippen LogP contribution in [-0.4, -0.2) is 24.1 Å². The van der Waals surface area contributed by atoms with Gasteiger partial charge >= 0.3 is 0 Å². The lowest BCUT2D eigenvalue weighted by atomic mass is 9.71. The lowest BCUT2D eigenvalue weighted by molar-refractivity contribution is 0.264. The maximum atomic E-state index is 5.46. The third kappa shape index (κ3) is 6.41. The van der Waals surface area contributed by atoms with Gasteiger partial charge < -0.3 is 4.57 Å². The van der Waals surface area contributed by atoms with E-state index in [2.05, 4.69) is 244 Å². The molecule has 0 saturated carbocycles. The monoisotopic (exact) mass is 903 g/mol. The average molecular weight is 904 g/mol. The number of nitrogens with zero attached hydrogens (tertiary/aromatic N) is 5. The Labute approximate surface area is 409 Å². The molecule has 2 aliphatic rings. The minimum absolute atomic E-state index is 0.00743. The molecule has 0 amide bonds. The molecule has 0 saturated heterocycles. The first kappa shape index (κ1) is 42.0. The number of hydrogen-bond acceptors (Lipinski definition) is 3. The second-order valence-electron chi connectivity index (χ2n) is 20.4. The van der Waals surface area contributed by atoms with E-state index >= 15 is 0 Å². The van der Waals surface area contributed by atoms with Gasteiger partial charge in [-0.05, 0) is 104 Å². The van der Waals surface area contributed by atoms with Crippen LogP contribution < -0.4 is 0 Å². The largest absolute Gasteiger partial charge is 0.307 e. The Hall–Kier alpha value is -8.15. The van der Waals surface area contributed by atoms with E-state index in [1.807, 2.05) is 0 Å². The van der Waals surface area contributed by atoms with Crippen LogP contribution in [0.4, 0.5) is 0 Å². The summed E-state index contributed by atoms with van der Waals surface area (Å²) in [5.74, 6) is 2.36. The summed E-state index contributed by atoms with van der Waals surface area (Å²) in [6.07, 6.45) is 8.57. The smallest absolute Gasteiger partial charge is 0.238 e. The highest BCUT2D eigenvalue weighted by Gasteiger charge is 2.49. The number of para-hydroxylation sites is 2. The molecule has 0 spiro atoms. The van der Waals surface area contributed by atoms with Gasteiger partial charge in [0.1, 0.15) is 0 Å². The van der Waals surface area contributed by atoms with Gasteiger partial charge in [0.2, 0.25) is 5.95 Å². The summed E-state index contributed by atoms with van der Waals surface area (Å²) in [5.41, 5.74) is 17.6. The Morgan fingerprint density at radius 1 is 0.457 bits per heavy atom. The molecule has 0 N–H and O–H groups in total. The molecule has 2 aliphatic carbocycles. The van der Waals surface area contributed by atoms with Gasteiger partial charge in [0.05, 0.1) is 22.1 Å². The van der Waals surface area contributed by atoms with E-state index in [-0.39, 0.29) is 10.8 Å². The normalized spacial score (nSPS) is 16.1. The van der Waals surface area contributed by atoms with Crippen LogP contribution in [0.2, 0.25) is 0 Å². The molecule has 1 atom stereocenters. The second kappa shape index (κ2) is 16.0. The summed E-state index contributed by atoms with van der Waals surface area (Å²) >= 11 is 0. The number of rotatable bonds is 7. The maximum Gasteiger partial charge on any atom is 0.238 e. The molecular formula is C65H53N5. The van der Waals surface area contributed by atoms with Gasteiger partial charge in [-0.15, -0.1) is 0 Å². The van der Waals surface area contributed by atoms with Crippen molar-refractivity contribution in [3.8, 4) is 56.4 Å². The summed E-state index contributed by atoms with van der Waals surface area (Å²) < 4.78 is 4.77. The Balaban J connectivity index is 1.06. The number of fused-ring (bicyclic) bond motifs is 8. The molecule has 11 aromatic rings. The fraction of sp³-hybridized carbons (Fsp3) is 0.154. The van der Waals surface area contributed by atoms with Crippen molar-refractivity contribution in [2.45, 2.75) is 58.3 Å². The Bertz CT molecular complexity index is 3970. The van der Waals surface area contributed by atoms with Crippen molar-refractivity contribution < 1.29 is 0 Å². The van der Waals surface area contributed by atoms with Crippen LogP contribution >= 0.6 is 0 Å². The van der Waals surface area contributed by atoms with E-state index in [0.717, 1.165) is 73.6 Å². The van der Waals surface area contributed by atoms with E-state index < -0.39 is 0 Å². The van der Waals surface area contributed by atoms with E-state index in [0.29, 0.717) is 23.5 Å². The van der Waals surface area contributed by atoms with Gasteiger partial charge in [0.25, 0.3) is 0 Å². The van der Waals surface area contributed by atoms with Crippen molar-refractivity contribution in [3.63, 3.8) is 0 Å². The molecule has 0 bridgehead atoms. The fourth-order valence-corrected chi connectivity index (χ4v) is 12.1. The molecule has 3 aromatic heterocycles. The van der Waals surface area contributed by atoms with Crippen LogP contribution in [0.3, 0.4) is 0 Å². The standard InChI is InChI=1S/C65H53N5/c1-41-64(2,3)55-34-20-33-52(58(55)65(41,4)5)49-30-13-12-29-48(49)45-26-19-28-47(40-45)69-56-35-16-14-31-50(56)53-37-38-54-51-32-15-17-36-57(51)70(60(54)59(53)69)63-67-61(43-23-10-7-11-24-43)66-62(68-63)46-27-18-25-44(39-46)42-21-8-6-9-22-42/h6,8-10,12-41H,7,11H2,1-5H3. The molecule has 0 radical (unpaired) electrons. The van der Waals surface area contributed by atoms with Gasteiger partial charge in [0.15, 0.2) is 11.6 Å². The van der Waals surface area contributed by atoms with Gasteiger partial charge in [-0.1, -0.05) is 205 Å². The van der Waals surface area contributed by atoms with Gasteiger partial charge in [-0.2, -0.15) is 9.97 Å². The van der Waals surface area contributed by atoms with Crippen LogP contribution in [-0.2, 0) is 10.8 Å². The third-order valence-corrected chi connectivity index (χ3v) is 16.0.